The fourth-order valence-electron chi connectivity index (χ4n) is 2.98. The lowest BCUT2D eigenvalue weighted by molar-refractivity contribution is 0.255. The monoisotopic (exact) mass is 257 g/mol. The summed E-state index contributed by atoms with van der Waals surface area (Å²) < 4.78 is 0. The van der Waals surface area contributed by atoms with Gasteiger partial charge in [0, 0.05) is 6.04 Å². The predicted molar refractivity (Wildman–Crippen MR) is 80.9 cm³/mol. The van der Waals surface area contributed by atoms with Gasteiger partial charge in [-0.2, -0.15) is 11.8 Å². The molecule has 2 heteroatoms. The van der Waals surface area contributed by atoms with Gasteiger partial charge >= 0.3 is 0 Å². The fourth-order valence-corrected chi connectivity index (χ4v) is 3.47. The molecule has 1 fully saturated rings. The normalized spacial score (nSPS) is 25.1. The van der Waals surface area contributed by atoms with Crippen LogP contribution in [-0.4, -0.2) is 24.6 Å². The highest BCUT2D eigenvalue weighted by molar-refractivity contribution is 7.98. The Morgan fingerprint density at radius 1 is 1.06 bits per heavy atom. The number of nitrogens with one attached hydrogen (secondary N) is 1. The second-order valence-corrected chi connectivity index (χ2v) is 6.41. The van der Waals surface area contributed by atoms with Crippen molar-refractivity contribution in [1.29, 1.82) is 0 Å². The number of rotatable bonds is 9. The van der Waals surface area contributed by atoms with E-state index in [-0.39, 0.29) is 0 Å². The molecular weight excluding hydrogens is 226 g/mol. The molecule has 0 aromatic rings. The van der Waals surface area contributed by atoms with E-state index in [0.29, 0.717) is 0 Å². The average Bonchev–Trinajstić information content (AvgIpc) is 2.38. The van der Waals surface area contributed by atoms with Crippen molar-refractivity contribution in [1.82, 2.24) is 5.32 Å². The van der Waals surface area contributed by atoms with Crippen molar-refractivity contribution in [2.45, 2.75) is 70.8 Å². The molecule has 102 valence electrons. The molecule has 0 aromatic heterocycles. The number of hydrogen-bond donors (Lipinski definition) is 1. The Balaban J connectivity index is 1.97. The molecule has 0 saturated heterocycles. The zero-order valence-electron chi connectivity index (χ0n) is 11.8. The molecule has 1 aliphatic rings. The van der Waals surface area contributed by atoms with Gasteiger partial charge in [0.25, 0.3) is 0 Å². The van der Waals surface area contributed by atoms with E-state index < -0.39 is 0 Å². The number of thioether (sulfide) groups is 1. The lowest BCUT2D eigenvalue weighted by atomic mass is 9.83. The van der Waals surface area contributed by atoms with Gasteiger partial charge in [0.2, 0.25) is 0 Å². The van der Waals surface area contributed by atoms with Crippen LogP contribution < -0.4 is 5.32 Å². The molecule has 0 amide bonds. The molecule has 2 unspecified atom stereocenters. The van der Waals surface area contributed by atoms with Gasteiger partial charge in [-0.3, -0.25) is 0 Å². The van der Waals surface area contributed by atoms with Crippen LogP contribution in [0.15, 0.2) is 0 Å². The van der Waals surface area contributed by atoms with Crippen LogP contribution in [0, 0.1) is 5.92 Å². The molecule has 1 N–H and O–H groups in total. The molecule has 1 saturated carbocycles. The summed E-state index contributed by atoms with van der Waals surface area (Å²) in [6.07, 6.45) is 15.0. The Morgan fingerprint density at radius 3 is 2.59 bits per heavy atom. The molecule has 0 aliphatic heterocycles. The third-order valence-electron chi connectivity index (χ3n) is 4.12. The molecule has 0 spiro atoms. The van der Waals surface area contributed by atoms with E-state index in [0.717, 1.165) is 12.0 Å². The van der Waals surface area contributed by atoms with E-state index in [4.69, 9.17) is 0 Å². The summed E-state index contributed by atoms with van der Waals surface area (Å²) >= 11 is 1.98. The first-order valence-electron chi connectivity index (χ1n) is 7.60. The van der Waals surface area contributed by atoms with Gasteiger partial charge < -0.3 is 5.32 Å². The van der Waals surface area contributed by atoms with Crippen LogP contribution in [0.4, 0.5) is 0 Å². The second-order valence-electron chi connectivity index (χ2n) is 5.42. The Kier molecular flexibility index (Phi) is 9.27. The van der Waals surface area contributed by atoms with Gasteiger partial charge in [0.1, 0.15) is 0 Å². The first-order chi connectivity index (χ1) is 8.38. The van der Waals surface area contributed by atoms with Gasteiger partial charge in [-0.25, -0.2) is 0 Å². The summed E-state index contributed by atoms with van der Waals surface area (Å²) in [5.41, 5.74) is 0. The molecule has 0 heterocycles. The van der Waals surface area contributed by atoms with Gasteiger partial charge in [-0.1, -0.05) is 39.0 Å². The summed E-state index contributed by atoms with van der Waals surface area (Å²) in [5, 5.41) is 3.81. The first kappa shape index (κ1) is 15.4. The lowest BCUT2D eigenvalue weighted by Gasteiger charge is -2.31. The van der Waals surface area contributed by atoms with E-state index in [2.05, 4.69) is 18.5 Å². The van der Waals surface area contributed by atoms with Crippen molar-refractivity contribution in [3.63, 3.8) is 0 Å². The highest BCUT2D eigenvalue weighted by Gasteiger charge is 2.22. The van der Waals surface area contributed by atoms with E-state index >= 15 is 0 Å². The summed E-state index contributed by atoms with van der Waals surface area (Å²) in [5.74, 6) is 2.30. The van der Waals surface area contributed by atoms with E-state index in [1.165, 1.54) is 70.1 Å². The van der Waals surface area contributed by atoms with Gasteiger partial charge in [0.15, 0.2) is 0 Å². The minimum absolute atomic E-state index is 0.833. The molecule has 0 radical (unpaired) electrons. The zero-order chi connectivity index (χ0) is 12.3. The largest absolute Gasteiger partial charge is 0.314 e. The van der Waals surface area contributed by atoms with E-state index in [1.54, 1.807) is 0 Å². The fraction of sp³-hybridized carbons (Fsp3) is 1.00. The Bertz CT molecular complexity index is 172. The van der Waals surface area contributed by atoms with Crippen LogP contribution in [0.3, 0.4) is 0 Å². The van der Waals surface area contributed by atoms with Crippen LogP contribution in [0.2, 0.25) is 0 Å². The van der Waals surface area contributed by atoms with Crippen LogP contribution in [0.25, 0.3) is 0 Å². The third kappa shape index (κ3) is 6.71. The molecule has 17 heavy (non-hydrogen) atoms. The Labute approximate surface area is 113 Å². The van der Waals surface area contributed by atoms with E-state index in [9.17, 15) is 0 Å². The van der Waals surface area contributed by atoms with Crippen molar-refractivity contribution in [3.8, 4) is 0 Å². The zero-order valence-corrected chi connectivity index (χ0v) is 12.7. The smallest absolute Gasteiger partial charge is 0.00952 e. The van der Waals surface area contributed by atoms with Gasteiger partial charge in [-0.15, -0.1) is 0 Å². The van der Waals surface area contributed by atoms with Crippen molar-refractivity contribution >= 4 is 11.8 Å². The lowest BCUT2D eigenvalue weighted by Crippen LogP contribution is -2.38. The van der Waals surface area contributed by atoms with Crippen molar-refractivity contribution in [2.24, 2.45) is 5.92 Å². The van der Waals surface area contributed by atoms with Crippen LogP contribution in [0.5, 0.6) is 0 Å². The van der Waals surface area contributed by atoms with Crippen LogP contribution in [-0.2, 0) is 0 Å². The highest BCUT2D eigenvalue weighted by Crippen LogP contribution is 2.26. The van der Waals surface area contributed by atoms with Crippen molar-refractivity contribution in [2.75, 3.05) is 18.6 Å². The molecule has 1 nitrogen and oxygen atoms in total. The standard InChI is InChI=1S/C15H31NS/c1-3-14-10-6-7-11-15(14)16-12-8-4-5-9-13-17-2/h14-16H,3-13H2,1-2H3. The molecular formula is C15H31NS. The molecule has 2 atom stereocenters. The molecule has 0 bridgehead atoms. The summed E-state index contributed by atoms with van der Waals surface area (Å²) in [4.78, 5) is 0. The average molecular weight is 257 g/mol. The quantitative estimate of drug-likeness (QED) is 0.612. The summed E-state index contributed by atoms with van der Waals surface area (Å²) in [6.45, 7) is 3.60. The Hall–Kier alpha value is 0.310. The SMILES string of the molecule is CCC1CCCCC1NCCCCCCSC. The maximum Gasteiger partial charge on any atom is 0.00952 e. The second kappa shape index (κ2) is 10.3. The van der Waals surface area contributed by atoms with E-state index in [1.807, 2.05) is 11.8 Å². The van der Waals surface area contributed by atoms with Gasteiger partial charge in [0.05, 0.1) is 0 Å². The van der Waals surface area contributed by atoms with Crippen LogP contribution in [0.1, 0.15) is 64.7 Å². The third-order valence-corrected chi connectivity index (χ3v) is 4.81. The van der Waals surface area contributed by atoms with Gasteiger partial charge in [-0.05, 0) is 50.2 Å². The Morgan fingerprint density at radius 2 is 1.82 bits per heavy atom. The highest BCUT2D eigenvalue weighted by atomic mass is 32.2. The molecule has 1 rings (SSSR count). The van der Waals surface area contributed by atoms with Crippen molar-refractivity contribution in [3.05, 3.63) is 0 Å². The first-order valence-corrected chi connectivity index (χ1v) is 9.00. The minimum atomic E-state index is 0.833. The summed E-state index contributed by atoms with van der Waals surface area (Å²) in [7, 11) is 0. The summed E-state index contributed by atoms with van der Waals surface area (Å²) in [6, 6.07) is 0.833. The number of hydrogen-bond acceptors (Lipinski definition) is 2. The van der Waals surface area contributed by atoms with Crippen molar-refractivity contribution < 1.29 is 0 Å². The topological polar surface area (TPSA) is 12.0 Å². The minimum Gasteiger partial charge on any atom is -0.314 e. The number of unbranched alkanes of at least 4 members (excludes halogenated alkanes) is 3. The predicted octanol–water partition coefficient (Wildman–Crippen LogP) is 4.47. The maximum atomic E-state index is 3.81. The molecule has 0 aromatic carbocycles. The maximum absolute atomic E-state index is 3.81. The van der Waals surface area contributed by atoms with Crippen LogP contribution >= 0.6 is 11.8 Å². The molecule has 1 aliphatic carbocycles.